The average molecular weight is 329 g/mol. The Kier molecular flexibility index (Phi) is 6.85. The molecular formula is C20H31N3O. The molecule has 0 saturated heterocycles. The Bertz CT molecular complexity index is 605. The first-order chi connectivity index (χ1) is 11.5. The van der Waals surface area contributed by atoms with Crippen molar-refractivity contribution in [2.75, 3.05) is 6.54 Å². The summed E-state index contributed by atoms with van der Waals surface area (Å²) in [4.78, 5) is 4.06. The highest BCUT2D eigenvalue weighted by molar-refractivity contribution is 5.38. The van der Waals surface area contributed by atoms with Crippen LogP contribution < -0.4 is 5.32 Å². The zero-order chi connectivity index (χ0) is 17.4. The van der Waals surface area contributed by atoms with Crippen LogP contribution in [0.15, 0.2) is 36.9 Å². The number of aryl methyl sites for hydroxylation is 2. The fourth-order valence-corrected chi connectivity index (χ4v) is 2.92. The zero-order valence-electron chi connectivity index (χ0n) is 15.3. The van der Waals surface area contributed by atoms with Crippen molar-refractivity contribution < 1.29 is 5.11 Å². The summed E-state index contributed by atoms with van der Waals surface area (Å²) in [6, 6.07) is 6.03. The molecule has 132 valence electrons. The molecule has 0 aliphatic carbocycles. The Morgan fingerprint density at radius 2 is 2.04 bits per heavy atom. The predicted molar refractivity (Wildman–Crippen MR) is 99.2 cm³/mol. The molecule has 0 saturated carbocycles. The maximum absolute atomic E-state index is 10.1. The lowest BCUT2D eigenvalue weighted by molar-refractivity contribution is 0.391. The van der Waals surface area contributed by atoms with E-state index in [0.717, 1.165) is 37.9 Å². The van der Waals surface area contributed by atoms with E-state index < -0.39 is 0 Å². The molecule has 4 nitrogen and oxygen atoms in total. The number of benzene rings is 1. The highest BCUT2D eigenvalue weighted by Gasteiger charge is 2.20. The molecule has 2 rings (SSSR count). The third kappa shape index (κ3) is 5.38. The molecule has 2 N–H and O–H groups in total. The first kappa shape index (κ1) is 18.5. The topological polar surface area (TPSA) is 50.1 Å². The van der Waals surface area contributed by atoms with Gasteiger partial charge >= 0.3 is 0 Å². The van der Waals surface area contributed by atoms with E-state index in [1.165, 1.54) is 18.4 Å². The lowest BCUT2D eigenvalue weighted by Gasteiger charge is -2.28. The second kappa shape index (κ2) is 8.88. The Hall–Kier alpha value is -1.81. The number of imidazole rings is 1. The second-order valence-corrected chi connectivity index (χ2v) is 7.01. The highest BCUT2D eigenvalue weighted by atomic mass is 16.3. The van der Waals surface area contributed by atoms with Gasteiger partial charge in [-0.15, -0.1) is 0 Å². The third-order valence-corrected chi connectivity index (χ3v) is 4.57. The first-order valence-electron chi connectivity index (χ1n) is 9.06. The molecule has 0 aliphatic rings. The standard InChI is InChI=1S/C20H31N3O/c1-4-5-6-8-17-15-18(9-10-19(17)24)20(2,3)22-11-7-13-23-14-12-21-16-23/h9-10,12,14-16,22,24H,4-8,11,13H2,1-3H3. The van der Waals surface area contributed by atoms with Crippen LogP contribution in [0.2, 0.25) is 0 Å². The van der Waals surface area contributed by atoms with E-state index in [-0.39, 0.29) is 5.54 Å². The molecule has 0 unspecified atom stereocenters. The van der Waals surface area contributed by atoms with Crippen LogP contribution in [-0.2, 0) is 18.5 Å². The van der Waals surface area contributed by atoms with Gasteiger partial charge in [-0.25, -0.2) is 4.98 Å². The minimum Gasteiger partial charge on any atom is -0.508 e. The Labute approximate surface area is 145 Å². The quantitative estimate of drug-likeness (QED) is 0.641. The van der Waals surface area contributed by atoms with Gasteiger partial charge in [0, 0.05) is 24.5 Å². The summed E-state index contributed by atoms with van der Waals surface area (Å²) < 4.78 is 2.10. The van der Waals surface area contributed by atoms with E-state index in [1.807, 2.05) is 30.9 Å². The fourth-order valence-electron chi connectivity index (χ4n) is 2.92. The molecule has 0 spiro atoms. The van der Waals surface area contributed by atoms with Crippen LogP contribution in [0, 0.1) is 0 Å². The number of hydrogen-bond donors (Lipinski definition) is 2. The fraction of sp³-hybridized carbons (Fsp3) is 0.550. The second-order valence-electron chi connectivity index (χ2n) is 7.01. The van der Waals surface area contributed by atoms with Gasteiger partial charge < -0.3 is 15.0 Å². The Balaban J connectivity index is 1.90. The van der Waals surface area contributed by atoms with Crippen LogP contribution in [0.5, 0.6) is 5.75 Å². The molecule has 1 aromatic carbocycles. The summed E-state index contributed by atoms with van der Waals surface area (Å²) in [6.07, 6.45) is 11.2. The normalized spacial score (nSPS) is 11.8. The largest absolute Gasteiger partial charge is 0.508 e. The molecule has 2 aromatic rings. The number of phenolic OH excluding ortho intramolecular Hbond substituents is 1. The molecule has 0 radical (unpaired) electrons. The maximum atomic E-state index is 10.1. The Morgan fingerprint density at radius 3 is 2.75 bits per heavy atom. The number of nitrogens with zero attached hydrogens (tertiary/aromatic N) is 2. The van der Waals surface area contributed by atoms with E-state index >= 15 is 0 Å². The van der Waals surface area contributed by atoms with Crippen molar-refractivity contribution in [3.8, 4) is 5.75 Å². The zero-order valence-corrected chi connectivity index (χ0v) is 15.3. The molecule has 1 heterocycles. The summed E-state index contributed by atoms with van der Waals surface area (Å²) in [7, 11) is 0. The molecule has 4 heteroatoms. The van der Waals surface area contributed by atoms with Crippen LogP contribution in [0.1, 0.15) is 57.6 Å². The van der Waals surface area contributed by atoms with Crippen molar-refractivity contribution in [2.24, 2.45) is 0 Å². The number of rotatable bonds is 10. The van der Waals surface area contributed by atoms with E-state index in [2.05, 4.69) is 41.7 Å². The minimum atomic E-state index is -0.109. The summed E-state index contributed by atoms with van der Waals surface area (Å²) in [5, 5.41) is 13.7. The first-order valence-corrected chi connectivity index (χ1v) is 9.06. The van der Waals surface area contributed by atoms with Gasteiger partial charge in [0.25, 0.3) is 0 Å². The van der Waals surface area contributed by atoms with Crippen LogP contribution in [0.25, 0.3) is 0 Å². The molecule has 24 heavy (non-hydrogen) atoms. The van der Waals surface area contributed by atoms with Crippen LogP contribution in [0.4, 0.5) is 0 Å². The minimum absolute atomic E-state index is 0.109. The molecular weight excluding hydrogens is 298 g/mol. The maximum Gasteiger partial charge on any atom is 0.118 e. The smallest absolute Gasteiger partial charge is 0.118 e. The Morgan fingerprint density at radius 1 is 1.21 bits per heavy atom. The molecule has 0 atom stereocenters. The number of aromatic hydroxyl groups is 1. The lowest BCUT2D eigenvalue weighted by Crippen LogP contribution is -2.37. The van der Waals surface area contributed by atoms with Gasteiger partial charge in [-0.3, -0.25) is 0 Å². The average Bonchev–Trinajstić information content (AvgIpc) is 3.07. The van der Waals surface area contributed by atoms with Crippen molar-refractivity contribution in [2.45, 2.75) is 65.0 Å². The van der Waals surface area contributed by atoms with Crippen molar-refractivity contribution >= 4 is 0 Å². The van der Waals surface area contributed by atoms with E-state index in [0.29, 0.717) is 5.75 Å². The van der Waals surface area contributed by atoms with Crippen LogP contribution in [-0.4, -0.2) is 21.2 Å². The molecule has 0 aliphatic heterocycles. The number of unbranched alkanes of at least 4 members (excludes halogenated alkanes) is 2. The van der Waals surface area contributed by atoms with Crippen molar-refractivity contribution in [3.05, 3.63) is 48.0 Å². The molecule has 0 amide bonds. The molecule has 1 aromatic heterocycles. The van der Waals surface area contributed by atoms with Gasteiger partial charge in [-0.1, -0.05) is 31.9 Å². The SMILES string of the molecule is CCCCCc1cc(C(C)(C)NCCCn2ccnc2)ccc1O. The van der Waals surface area contributed by atoms with Crippen LogP contribution >= 0.6 is 0 Å². The summed E-state index contributed by atoms with van der Waals surface area (Å²) in [6.45, 7) is 8.52. The predicted octanol–water partition coefficient (Wildman–Crippen LogP) is 4.24. The van der Waals surface area contributed by atoms with Gasteiger partial charge in [-0.05, 0) is 56.8 Å². The van der Waals surface area contributed by atoms with Gasteiger partial charge in [0.05, 0.1) is 6.33 Å². The monoisotopic (exact) mass is 329 g/mol. The molecule has 0 bridgehead atoms. The van der Waals surface area contributed by atoms with E-state index in [9.17, 15) is 5.11 Å². The number of aromatic nitrogens is 2. The van der Waals surface area contributed by atoms with E-state index in [1.54, 1.807) is 0 Å². The number of hydrogen-bond acceptors (Lipinski definition) is 3. The van der Waals surface area contributed by atoms with Crippen molar-refractivity contribution in [1.29, 1.82) is 0 Å². The van der Waals surface area contributed by atoms with Gasteiger partial charge in [-0.2, -0.15) is 0 Å². The summed E-state index contributed by atoms with van der Waals surface area (Å²) in [5.41, 5.74) is 2.19. The highest BCUT2D eigenvalue weighted by Crippen LogP contribution is 2.27. The summed E-state index contributed by atoms with van der Waals surface area (Å²) in [5.74, 6) is 0.422. The third-order valence-electron chi connectivity index (χ3n) is 4.57. The van der Waals surface area contributed by atoms with Gasteiger partial charge in [0.1, 0.15) is 5.75 Å². The number of phenols is 1. The van der Waals surface area contributed by atoms with E-state index in [4.69, 9.17) is 0 Å². The lowest BCUT2D eigenvalue weighted by atomic mass is 9.91. The van der Waals surface area contributed by atoms with Gasteiger partial charge in [0.15, 0.2) is 0 Å². The van der Waals surface area contributed by atoms with Crippen LogP contribution in [0.3, 0.4) is 0 Å². The molecule has 0 fully saturated rings. The number of nitrogens with one attached hydrogen (secondary N) is 1. The van der Waals surface area contributed by atoms with Crippen molar-refractivity contribution in [1.82, 2.24) is 14.9 Å². The van der Waals surface area contributed by atoms with Crippen molar-refractivity contribution in [3.63, 3.8) is 0 Å². The summed E-state index contributed by atoms with van der Waals surface area (Å²) >= 11 is 0. The van der Waals surface area contributed by atoms with Gasteiger partial charge in [0.2, 0.25) is 0 Å².